The second-order valence-corrected chi connectivity index (χ2v) is 5.11. The minimum Gasteiger partial charge on any atom is -0.461 e. The van der Waals surface area contributed by atoms with Gasteiger partial charge in [-0.05, 0) is 6.42 Å². The first-order chi connectivity index (χ1) is 9.60. The van der Waals surface area contributed by atoms with Crippen LogP contribution >= 0.6 is 0 Å². The van der Waals surface area contributed by atoms with Crippen molar-refractivity contribution < 1.29 is 24.5 Å². The third-order valence-electron chi connectivity index (χ3n) is 4.00. The molecule has 0 spiro atoms. The van der Waals surface area contributed by atoms with Crippen molar-refractivity contribution in [3.8, 4) is 0 Å². The fourth-order valence-corrected chi connectivity index (χ4v) is 2.75. The van der Waals surface area contributed by atoms with Gasteiger partial charge in [-0.3, -0.25) is 4.99 Å². The highest BCUT2D eigenvalue weighted by Gasteiger charge is 2.55. The zero-order valence-electron chi connectivity index (χ0n) is 11.1. The fraction of sp³-hybridized carbons (Fsp3) is 0.615. The van der Waals surface area contributed by atoms with Gasteiger partial charge in [0.05, 0.1) is 12.9 Å². The summed E-state index contributed by atoms with van der Waals surface area (Å²) < 4.78 is 10.9. The molecule has 4 atom stereocenters. The minimum atomic E-state index is -1.45. The molecule has 1 saturated heterocycles. The molecule has 20 heavy (non-hydrogen) atoms. The summed E-state index contributed by atoms with van der Waals surface area (Å²) in [5.41, 5.74) is -0.871. The molecule has 7 heteroatoms. The molecule has 0 saturated carbocycles. The number of rotatable bonds is 3. The van der Waals surface area contributed by atoms with Gasteiger partial charge in [0.25, 0.3) is 0 Å². The topological polar surface area (TPSA) is 98.7 Å². The molecule has 3 N–H and O–H groups in total. The van der Waals surface area contributed by atoms with E-state index in [1.165, 1.54) is 0 Å². The van der Waals surface area contributed by atoms with E-state index >= 15 is 0 Å². The Labute approximate surface area is 115 Å². The van der Waals surface area contributed by atoms with Crippen LogP contribution in [0.15, 0.2) is 21.7 Å². The minimum absolute atomic E-state index is 0.296. The summed E-state index contributed by atoms with van der Waals surface area (Å²) in [5, 5.41) is 30.8. The number of nitrogens with zero attached hydrogens (tertiary/aromatic N) is 2. The first kappa shape index (κ1) is 13.6. The summed E-state index contributed by atoms with van der Waals surface area (Å²) in [7, 11) is 0. The average molecular weight is 282 g/mol. The maximum Gasteiger partial charge on any atom is 0.167 e. The van der Waals surface area contributed by atoms with Crippen LogP contribution in [0.3, 0.4) is 0 Å². The van der Waals surface area contributed by atoms with E-state index in [4.69, 9.17) is 9.15 Å². The summed E-state index contributed by atoms with van der Waals surface area (Å²) in [6.07, 6.45) is 0.818. The van der Waals surface area contributed by atoms with Gasteiger partial charge in [0.2, 0.25) is 0 Å². The molecule has 1 aromatic rings. The van der Waals surface area contributed by atoms with E-state index in [0.29, 0.717) is 18.5 Å². The zero-order valence-corrected chi connectivity index (χ0v) is 11.1. The second kappa shape index (κ2) is 4.85. The standard InChI is InChI=1S/C13H18N2O5/c1-2-13(18)11(17)10(6-16)20-12(13)15-5-9-8(14-7-15)3-4-19-9/h3-5,10-12,16-18H,2,6-7H2,1H3/t10-,11-,12?,13-/m1/s1. The highest BCUT2D eigenvalue weighted by molar-refractivity contribution is 5.21. The predicted octanol–water partition coefficient (Wildman–Crippen LogP) is -1.87. The molecule has 0 aliphatic carbocycles. The van der Waals surface area contributed by atoms with E-state index in [1.54, 1.807) is 30.4 Å². The van der Waals surface area contributed by atoms with Crippen molar-refractivity contribution in [1.82, 2.24) is 4.90 Å². The van der Waals surface area contributed by atoms with Gasteiger partial charge >= 0.3 is 0 Å². The molecule has 1 fully saturated rings. The first-order valence-corrected chi connectivity index (χ1v) is 6.62. The van der Waals surface area contributed by atoms with Gasteiger partial charge in [-0.2, -0.15) is 0 Å². The maximum absolute atomic E-state index is 10.7. The van der Waals surface area contributed by atoms with Crippen molar-refractivity contribution in [2.45, 2.75) is 37.4 Å². The molecule has 0 amide bonds. The second-order valence-electron chi connectivity index (χ2n) is 5.11. The van der Waals surface area contributed by atoms with Gasteiger partial charge in [0, 0.05) is 12.3 Å². The fourth-order valence-electron chi connectivity index (χ4n) is 2.75. The predicted molar refractivity (Wildman–Crippen MR) is 67.7 cm³/mol. The highest BCUT2D eigenvalue weighted by Crippen LogP contribution is 2.36. The Balaban J connectivity index is 1.94. The molecule has 7 nitrogen and oxygen atoms in total. The van der Waals surface area contributed by atoms with E-state index in [9.17, 15) is 15.3 Å². The number of furan rings is 1. The summed E-state index contributed by atoms with van der Waals surface area (Å²) in [4.78, 5) is 6.00. The van der Waals surface area contributed by atoms with E-state index < -0.39 is 24.0 Å². The van der Waals surface area contributed by atoms with Crippen molar-refractivity contribution in [3.63, 3.8) is 0 Å². The summed E-state index contributed by atoms with van der Waals surface area (Å²) >= 11 is 0. The van der Waals surface area contributed by atoms with Crippen molar-refractivity contribution in [2.24, 2.45) is 4.99 Å². The lowest BCUT2D eigenvalue weighted by atomic mass is 9.91. The summed E-state index contributed by atoms with van der Waals surface area (Å²) in [6, 6.07) is 1.76. The molecule has 0 bridgehead atoms. The van der Waals surface area contributed by atoms with E-state index in [1.807, 2.05) is 0 Å². The van der Waals surface area contributed by atoms with Crippen molar-refractivity contribution in [1.29, 1.82) is 0 Å². The van der Waals surface area contributed by atoms with Crippen LogP contribution in [0, 0.1) is 0 Å². The van der Waals surface area contributed by atoms with Crippen LogP contribution in [-0.2, 0) is 4.74 Å². The summed E-state index contributed by atoms with van der Waals surface area (Å²) in [5.74, 6) is 0. The Morgan fingerprint density at radius 2 is 2.35 bits per heavy atom. The number of fused-ring (bicyclic) bond motifs is 1. The normalized spacial score (nSPS) is 36.4. The van der Waals surface area contributed by atoms with Crippen molar-refractivity contribution >= 4 is 6.20 Å². The lowest BCUT2D eigenvalue weighted by molar-refractivity contribution is -0.126. The van der Waals surface area contributed by atoms with Gasteiger partial charge < -0.3 is 29.4 Å². The smallest absolute Gasteiger partial charge is 0.167 e. The Morgan fingerprint density at radius 3 is 3.05 bits per heavy atom. The Morgan fingerprint density at radius 1 is 1.55 bits per heavy atom. The van der Waals surface area contributed by atoms with Crippen molar-refractivity contribution in [3.05, 3.63) is 23.1 Å². The molecule has 2 aliphatic heterocycles. The number of hydrogen-bond donors (Lipinski definition) is 3. The van der Waals surface area contributed by atoms with E-state index in [2.05, 4.69) is 4.99 Å². The Hall–Kier alpha value is -1.41. The number of hydrogen-bond acceptors (Lipinski definition) is 7. The van der Waals surface area contributed by atoms with Gasteiger partial charge in [-0.15, -0.1) is 0 Å². The molecular formula is C13H18N2O5. The average Bonchev–Trinajstić information content (AvgIpc) is 3.03. The Bertz CT molecular complexity index is 600. The number of ether oxygens (including phenoxy) is 1. The lowest BCUT2D eigenvalue weighted by Gasteiger charge is -2.36. The largest absolute Gasteiger partial charge is 0.461 e. The first-order valence-electron chi connectivity index (χ1n) is 6.62. The van der Waals surface area contributed by atoms with Crippen LogP contribution in [0.1, 0.15) is 13.3 Å². The monoisotopic (exact) mass is 282 g/mol. The molecule has 1 aromatic heterocycles. The quantitative estimate of drug-likeness (QED) is 0.601. The molecule has 0 radical (unpaired) electrons. The lowest BCUT2D eigenvalue weighted by Crippen LogP contribution is -2.54. The van der Waals surface area contributed by atoms with Crippen LogP contribution in [-0.4, -0.2) is 57.5 Å². The zero-order chi connectivity index (χ0) is 14.3. The van der Waals surface area contributed by atoms with Crippen LogP contribution in [0.25, 0.3) is 6.20 Å². The molecule has 110 valence electrons. The molecule has 3 heterocycles. The third kappa shape index (κ3) is 1.86. The van der Waals surface area contributed by atoms with Gasteiger partial charge in [0.1, 0.15) is 29.8 Å². The van der Waals surface area contributed by atoms with Crippen molar-refractivity contribution in [2.75, 3.05) is 13.3 Å². The van der Waals surface area contributed by atoms with Gasteiger partial charge in [-0.25, -0.2) is 0 Å². The molecular weight excluding hydrogens is 264 g/mol. The SMILES string of the molecule is CC[C@]1(O)C(N2C=c3occc3=NC2)O[C@H](CO)[C@H]1O. The maximum atomic E-state index is 10.7. The van der Waals surface area contributed by atoms with Crippen LogP contribution in [0.4, 0.5) is 0 Å². The molecule has 0 aromatic carbocycles. The molecule has 2 aliphatic rings. The Kier molecular flexibility index (Phi) is 3.29. The summed E-state index contributed by atoms with van der Waals surface area (Å²) in [6.45, 7) is 1.71. The highest BCUT2D eigenvalue weighted by atomic mass is 16.6. The third-order valence-corrected chi connectivity index (χ3v) is 4.00. The number of aliphatic hydroxyl groups excluding tert-OH is 2. The molecule has 1 unspecified atom stereocenters. The van der Waals surface area contributed by atoms with Crippen LogP contribution in [0.5, 0.6) is 0 Å². The van der Waals surface area contributed by atoms with E-state index in [-0.39, 0.29) is 6.61 Å². The number of aliphatic hydroxyl groups is 3. The molecule has 3 rings (SSSR count). The van der Waals surface area contributed by atoms with Gasteiger partial charge in [0.15, 0.2) is 11.6 Å². The van der Waals surface area contributed by atoms with E-state index in [0.717, 1.165) is 5.36 Å². The van der Waals surface area contributed by atoms with Crippen LogP contribution < -0.4 is 10.8 Å². The van der Waals surface area contributed by atoms with Gasteiger partial charge in [-0.1, -0.05) is 6.92 Å². The van der Waals surface area contributed by atoms with Crippen LogP contribution in [0.2, 0.25) is 0 Å².